The van der Waals surface area contributed by atoms with Crippen molar-refractivity contribution in [3.05, 3.63) is 47.5 Å². The van der Waals surface area contributed by atoms with Gasteiger partial charge in [0, 0.05) is 6.20 Å². The van der Waals surface area contributed by atoms with Gasteiger partial charge in [0.15, 0.2) is 5.69 Å². The number of carbonyl (C=O) groups is 1. The molecular formula is C12H9N3O2S. The van der Waals surface area contributed by atoms with Crippen LogP contribution < -0.4 is 0 Å². The molecule has 0 amide bonds. The van der Waals surface area contributed by atoms with E-state index in [0.717, 1.165) is 15.2 Å². The summed E-state index contributed by atoms with van der Waals surface area (Å²) in [6.45, 7) is 0.541. The monoisotopic (exact) mass is 259 g/mol. The summed E-state index contributed by atoms with van der Waals surface area (Å²) in [5.74, 6) is -1.02. The van der Waals surface area contributed by atoms with Crippen LogP contribution in [-0.4, -0.2) is 25.6 Å². The first-order valence-electron chi connectivity index (χ1n) is 5.32. The van der Waals surface area contributed by atoms with Gasteiger partial charge in [-0.2, -0.15) is 0 Å². The first-order chi connectivity index (χ1) is 8.72. The minimum atomic E-state index is -1.02. The molecule has 1 N–H and O–H groups in total. The van der Waals surface area contributed by atoms with Crippen molar-refractivity contribution in [1.82, 2.24) is 14.5 Å². The average Bonchev–Trinajstić information content (AvgIpc) is 2.94. The van der Waals surface area contributed by atoms with Gasteiger partial charge in [0.2, 0.25) is 0 Å². The number of carboxylic acids is 1. The molecule has 90 valence electrons. The summed E-state index contributed by atoms with van der Waals surface area (Å²) in [5.41, 5.74) is 1.02. The number of carboxylic acid groups (broad SMARTS) is 1. The van der Waals surface area contributed by atoms with E-state index in [2.05, 4.69) is 9.97 Å². The molecule has 0 saturated heterocycles. The largest absolute Gasteiger partial charge is 0.476 e. The third kappa shape index (κ3) is 1.98. The van der Waals surface area contributed by atoms with E-state index in [1.807, 2.05) is 24.3 Å². The van der Waals surface area contributed by atoms with Crippen LogP contribution >= 0.6 is 11.3 Å². The second kappa shape index (κ2) is 4.23. The quantitative estimate of drug-likeness (QED) is 0.783. The van der Waals surface area contributed by atoms with E-state index < -0.39 is 5.97 Å². The van der Waals surface area contributed by atoms with E-state index in [-0.39, 0.29) is 5.69 Å². The number of imidazole rings is 1. The fourth-order valence-corrected chi connectivity index (χ4v) is 2.68. The molecule has 2 aromatic heterocycles. The third-order valence-corrected chi connectivity index (χ3v) is 3.53. The SMILES string of the molecule is O=C(O)c1cn(Cc2nc3ccccc3s2)cn1. The van der Waals surface area contributed by atoms with Crippen molar-refractivity contribution in [3.8, 4) is 0 Å². The lowest BCUT2D eigenvalue weighted by Crippen LogP contribution is -1.97. The average molecular weight is 259 g/mol. The van der Waals surface area contributed by atoms with Crippen LogP contribution in [0.5, 0.6) is 0 Å². The van der Waals surface area contributed by atoms with Crippen molar-refractivity contribution < 1.29 is 9.90 Å². The van der Waals surface area contributed by atoms with Gasteiger partial charge in [-0.1, -0.05) is 12.1 Å². The van der Waals surface area contributed by atoms with Crippen LogP contribution in [0.2, 0.25) is 0 Å². The summed E-state index contributed by atoms with van der Waals surface area (Å²) < 4.78 is 2.85. The van der Waals surface area contributed by atoms with E-state index in [0.29, 0.717) is 6.54 Å². The van der Waals surface area contributed by atoms with Gasteiger partial charge in [-0.15, -0.1) is 11.3 Å². The maximum atomic E-state index is 10.7. The van der Waals surface area contributed by atoms with Crippen molar-refractivity contribution in [1.29, 1.82) is 0 Å². The molecule has 0 aliphatic rings. The van der Waals surface area contributed by atoms with Crippen LogP contribution in [0.3, 0.4) is 0 Å². The van der Waals surface area contributed by atoms with Gasteiger partial charge < -0.3 is 9.67 Å². The number of rotatable bonds is 3. The van der Waals surface area contributed by atoms with Gasteiger partial charge in [0.25, 0.3) is 0 Å². The predicted molar refractivity (Wildman–Crippen MR) is 67.9 cm³/mol. The lowest BCUT2D eigenvalue weighted by molar-refractivity contribution is 0.0691. The number of hydrogen-bond acceptors (Lipinski definition) is 4. The van der Waals surface area contributed by atoms with Crippen molar-refractivity contribution in [2.24, 2.45) is 0 Å². The summed E-state index contributed by atoms with van der Waals surface area (Å²) in [7, 11) is 0. The minimum Gasteiger partial charge on any atom is -0.476 e. The van der Waals surface area contributed by atoms with Crippen LogP contribution in [0.25, 0.3) is 10.2 Å². The second-order valence-electron chi connectivity index (χ2n) is 3.81. The Morgan fingerprint density at radius 3 is 2.94 bits per heavy atom. The molecule has 3 aromatic rings. The van der Waals surface area contributed by atoms with E-state index in [4.69, 9.17) is 5.11 Å². The van der Waals surface area contributed by atoms with Crippen LogP contribution in [0.4, 0.5) is 0 Å². The number of para-hydroxylation sites is 1. The molecule has 6 heteroatoms. The Morgan fingerprint density at radius 2 is 2.22 bits per heavy atom. The van der Waals surface area contributed by atoms with Gasteiger partial charge in [-0.3, -0.25) is 0 Å². The van der Waals surface area contributed by atoms with Gasteiger partial charge in [-0.25, -0.2) is 14.8 Å². The molecule has 5 nitrogen and oxygen atoms in total. The van der Waals surface area contributed by atoms with Gasteiger partial charge >= 0.3 is 5.97 Å². The molecule has 0 unspecified atom stereocenters. The Bertz CT molecular complexity index is 684. The molecule has 0 spiro atoms. The number of aromatic nitrogens is 3. The summed E-state index contributed by atoms with van der Waals surface area (Å²) in [6, 6.07) is 7.91. The highest BCUT2D eigenvalue weighted by Crippen LogP contribution is 2.22. The van der Waals surface area contributed by atoms with Crippen LogP contribution in [-0.2, 0) is 6.54 Å². The Balaban J connectivity index is 1.88. The zero-order valence-corrected chi connectivity index (χ0v) is 10.1. The van der Waals surface area contributed by atoms with Gasteiger partial charge in [-0.05, 0) is 12.1 Å². The number of hydrogen-bond donors (Lipinski definition) is 1. The molecule has 0 aliphatic heterocycles. The number of fused-ring (bicyclic) bond motifs is 1. The minimum absolute atomic E-state index is 0.0520. The van der Waals surface area contributed by atoms with Crippen LogP contribution in [0.15, 0.2) is 36.8 Å². The van der Waals surface area contributed by atoms with E-state index in [1.165, 1.54) is 12.5 Å². The summed E-state index contributed by atoms with van der Waals surface area (Å²) in [5, 5.41) is 9.73. The molecule has 0 fully saturated rings. The van der Waals surface area contributed by atoms with Crippen molar-refractivity contribution >= 4 is 27.5 Å². The topological polar surface area (TPSA) is 68.0 Å². The lowest BCUT2D eigenvalue weighted by atomic mass is 10.3. The molecule has 0 bridgehead atoms. The zero-order valence-electron chi connectivity index (χ0n) is 9.28. The fourth-order valence-electron chi connectivity index (χ4n) is 1.70. The summed E-state index contributed by atoms with van der Waals surface area (Å²) >= 11 is 1.60. The molecule has 0 saturated carbocycles. The van der Waals surface area contributed by atoms with E-state index in [9.17, 15) is 4.79 Å². The van der Waals surface area contributed by atoms with Gasteiger partial charge in [0.05, 0.1) is 23.1 Å². The Morgan fingerprint density at radius 1 is 1.39 bits per heavy atom. The number of nitrogens with zero attached hydrogens (tertiary/aromatic N) is 3. The molecule has 3 rings (SSSR count). The lowest BCUT2D eigenvalue weighted by Gasteiger charge is -1.95. The molecule has 0 radical (unpaired) electrons. The van der Waals surface area contributed by atoms with Crippen LogP contribution in [0, 0.1) is 0 Å². The number of thiazole rings is 1. The van der Waals surface area contributed by atoms with Gasteiger partial charge in [0.1, 0.15) is 5.01 Å². The highest BCUT2D eigenvalue weighted by Gasteiger charge is 2.08. The van der Waals surface area contributed by atoms with E-state index >= 15 is 0 Å². The maximum absolute atomic E-state index is 10.7. The predicted octanol–water partition coefficient (Wildman–Crippen LogP) is 2.24. The Labute approximate surface area is 106 Å². The van der Waals surface area contributed by atoms with E-state index in [1.54, 1.807) is 15.9 Å². The third-order valence-electron chi connectivity index (χ3n) is 2.51. The first kappa shape index (κ1) is 10.9. The molecule has 1 aromatic carbocycles. The molecular weight excluding hydrogens is 250 g/mol. The maximum Gasteiger partial charge on any atom is 0.356 e. The first-order valence-corrected chi connectivity index (χ1v) is 6.13. The standard InChI is InChI=1S/C12H9N3O2S/c16-12(17)9-5-15(7-13-9)6-11-14-8-3-1-2-4-10(8)18-11/h1-5,7H,6H2,(H,16,17). The highest BCUT2D eigenvalue weighted by molar-refractivity contribution is 7.18. The van der Waals surface area contributed by atoms with Crippen molar-refractivity contribution in [3.63, 3.8) is 0 Å². The summed E-state index contributed by atoms with van der Waals surface area (Å²) in [4.78, 5) is 19.0. The van der Waals surface area contributed by atoms with Crippen molar-refractivity contribution in [2.75, 3.05) is 0 Å². The molecule has 0 aliphatic carbocycles. The fraction of sp³-hybridized carbons (Fsp3) is 0.0833. The normalized spacial score (nSPS) is 10.9. The Kier molecular flexibility index (Phi) is 2.56. The Hall–Kier alpha value is -2.21. The molecule has 0 atom stereocenters. The molecule has 18 heavy (non-hydrogen) atoms. The smallest absolute Gasteiger partial charge is 0.356 e. The van der Waals surface area contributed by atoms with Crippen molar-refractivity contribution in [2.45, 2.75) is 6.54 Å². The van der Waals surface area contributed by atoms with Crippen LogP contribution in [0.1, 0.15) is 15.5 Å². The highest BCUT2D eigenvalue weighted by atomic mass is 32.1. The molecule has 2 heterocycles. The summed E-state index contributed by atoms with van der Waals surface area (Å²) in [6.07, 6.45) is 3.02. The number of benzene rings is 1. The second-order valence-corrected chi connectivity index (χ2v) is 4.93. The number of aromatic carboxylic acids is 1. The zero-order chi connectivity index (χ0) is 12.5.